The van der Waals surface area contributed by atoms with Gasteiger partial charge in [-0.05, 0) is 42.5 Å². The molecule has 0 atom stereocenters. The average molecular weight is 362 g/mol. The fourth-order valence-corrected chi connectivity index (χ4v) is 2.63. The molecule has 4 aromatic rings. The van der Waals surface area contributed by atoms with E-state index in [4.69, 9.17) is 4.52 Å². The zero-order chi connectivity index (χ0) is 18.6. The summed E-state index contributed by atoms with van der Waals surface area (Å²) in [5.74, 6) is 0.675. The first-order chi connectivity index (χ1) is 13.2. The number of carbonyl (C=O) groups is 1. The van der Waals surface area contributed by atoms with Gasteiger partial charge in [-0.3, -0.25) is 4.79 Å². The zero-order valence-electron chi connectivity index (χ0n) is 14.2. The first-order valence-electron chi connectivity index (χ1n) is 8.41. The molecule has 7 heteroatoms. The van der Waals surface area contributed by atoms with E-state index in [1.54, 1.807) is 18.2 Å². The number of anilines is 1. The van der Waals surface area contributed by atoms with E-state index in [-0.39, 0.29) is 18.1 Å². The number of rotatable bonds is 5. The third-order valence-electron chi connectivity index (χ3n) is 4.00. The Morgan fingerprint density at radius 3 is 2.67 bits per heavy atom. The smallest absolute Gasteiger partial charge is 0.227 e. The molecule has 134 valence electrons. The Morgan fingerprint density at radius 2 is 1.81 bits per heavy atom. The number of hydrogen-bond donors (Lipinski definition) is 1. The fraction of sp³-hybridized carbons (Fsp3) is 0.100. The predicted molar refractivity (Wildman–Crippen MR) is 98.4 cm³/mol. The number of aryl methyl sites for hydroxylation is 1. The highest BCUT2D eigenvalue weighted by atomic mass is 19.1. The van der Waals surface area contributed by atoms with Crippen molar-refractivity contribution in [3.63, 3.8) is 0 Å². The summed E-state index contributed by atoms with van der Waals surface area (Å²) in [6.07, 6.45) is 0.479. The van der Waals surface area contributed by atoms with Crippen molar-refractivity contribution >= 4 is 22.6 Å². The number of aromatic nitrogens is 3. The number of fused-ring (bicyclic) bond motifs is 1. The van der Waals surface area contributed by atoms with Crippen LogP contribution in [0.25, 0.3) is 22.3 Å². The third-order valence-corrected chi connectivity index (χ3v) is 4.00. The number of nitrogens with zero attached hydrogens (tertiary/aromatic N) is 3. The molecule has 2 heterocycles. The maximum Gasteiger partial charge on any atom is 0.227 e. The molecule has 6 nitrogen and oxygen atoms in total. The standard InChI is InChI=1S/C20H15FN4O2/c21-15-8-5-14(6-9-15)20-24-19(27-25-20)12-11-18(26)23-17-10-7-13-3-1-2-4-16(13)22-17/h1-10H,11-12H2,(H,22,23,26). The molecule has 0 saturated carbocycles. The lowest BCUT2D eigenvalue weighted by atomic mass is 10.2. The summed E-state index contributed by atoms with van der Waals surface area (Å²) in [6, 6.07) is 17.2. The predicted octanol–water partition coefficient (Wildman–Crippen LogP) is 4.00. The van der Waals surface area contributed by atoms with Crippen LogP contribution in [0.3, 0.4) is 0 Å². The second-order valence-corrected chi connectivity index (χ2v) is 5.96. The highest BCUT2D eigenvalue weighted by molar-refractivity contribution is 5.91. The van der Waals surface area contributed by atoms with Gasteiger partial charge in [-0.1, -0.05) is 23.4 Å². The summed E-state index contributed by atoms with van der Waals surface area (Å²) in [5, 5.41) is 7.64. The van der Waals surface area contributed by atoms with E-state index < -0.39 is 0 Å². The van der Waals surface area contributed by atoms with E-state index in [1.807, 2.05) is 30.3 Å². The lowest BCUT2D eigenvalue weighted by molar-refractivity contribution is -0.116. The number of pyridine rings is 1. The van der Waals surface area contributed by atoms with Gasteiger partial charge in [-0.15, -0.1) is 0 Å². The Kier molecular flexibility index (Phi) is 4.57. The Balaban J connectivity index is 1.37. The van der Waals surface area contributed by atoms with Crippen molar-refractivity contribution < 1.29 is 13.7 Å². The summed E-state index contributed by atoms with van der Waals surface area (Å²) in [7, 11) is 0. The van der Waals surface area contributed by atoms with Crippen LogP contribution >= 0.6 is 0 Å². The second kappa shape index (κ2) is 7.33. The van der Waals surface area contributed by atoms with Gasteiger partial charge >= 0.3 is 0 Å². The van der Waals surface area contributed by atoms with Crippen LogP contribution in [0.2, 0.25) is 0 Å². The molecule has 0 aliphatic carbocycles. The molecule has 1 amide bonds. The molecule has 2 aromatic carbocycles. The van der Waals surface area contributed by atoms with Crippen molar-refractivity contribution in [3.05, 3.63) is 72.4 Å². The topological polar surface area (TPSA) is 80.9 Å². The largest absolute Gasteiger partial charge is 0.339 e. The number of carbonyl (C=O) groups excluding carboxylic acids is 1. The molecule has 0 unspecified atom stereocenters. The summed E-state index contributed by atoms with van der Waals surface area (Å²) in [5.41, 5.74) is 1.47. The van der Waals surface area contributed by atoms with Crippen molar-refractivity contribution in [2.75, 3.05) is 5.32 Å². The van der Waals surface area contributed by atoms with Gasteiger partial charge in [-0.25, -0.2) is 9.37 Å². The molecule has 27 heavy (non-hydrogen) atoms. The van der Waals surface area contributed by atoms with Gasteiger partial charge in [0.1, 0.15) is 11.6 Å². The summed E-state index contributed by atoms with van der Waals surface area (Å²) in [6.45, 7) is 0. The van der Waals surface area contributed by atoms with E-state index in [0.29, 0.717) is 29.5 Å². The molecule has 0 bridgehead atoms. The van der Waals surface area contributed by atoms with Crippen molar-refractivity contribution in [3.8, 4) is 11.4 Å². The normalized spacial score (nSPS) is 10.9. The SMILES string of the molecule is O=C(CCc1nc(-c2ccc(F)cc2)no1)Nc1ccc2ccccc2n1. The average Bonchev–Trinajstić information content (AvgIpc) is 3.16. The Hall–Kier alpha value is -3.61. The first-order valence-corrected chi connectivity index (χ1v) is 8.41. The molecule has 0 saturated heterocycles. The van der Waals surface area contributed by atoms with Crippen LogP contribution in [0.15, 0.2) is 65.2 Å². The van der Waals surface area contributed by atoms with Crippen molar-refractivity contribution in [1.29, 1.82) is 0 Å². The van der Waals surface area contributed by atoms with Crippen LogP contribution in [0.1, 0.15) is 12.3 Å². The third kappa shape index (κ3) is 3.98. The summed E-state index contributed by atoms with van der Waals surface area (Å²) >= 11 is 0. The Labute approximate surface area is 154 Å². The minimum Gasteiger partial charge on any atom is -0.339 e. The van der Waals surface area contributed by atoms with Crippen molar-refractivity contribution in [2.24, 2.45) is 0 Å². The van der Waals surface area contributed by atoms with Crippen LogP contribution in [0, 0.1) is 5.82 Å². The molecule has 0 fully saturated rings. The number of amides is 1. The number of halogens is 1. The molecular formula is C20H15FN4O2. The van der Waals surface area contributed by atoms with E-state index in [9.17, 15) is 9.18 Å². The Bertz CT molecular complexity index is 1090. The maximum atomic E-state index is 13.0. The van der Waals surface area contributed by atoms with E-state index in [2.05, 4.69) is 20.4 Å². The fourth-order valence-electron chi connectivity index (χ4n) is 2.63. The monoisotopic (exact) mass is 362 g/mol. The molecular weight excluding hydrogens is 347 g/mol. The maximum absolute atomic E-state index is 13.0. The molecule has 0 radical (unpaired) electrons. The highest BCUT2D eigenvalue weighted by Crippen LogP contribution is 2.17. The van der Waals surface area contributed by atoms with Gasteiger partial charge in [0.2, 0.25) is 17.6 Å². The van der Waals surface area contributed by atoms with Gasteiger partial charge in [0.05, 0.1) is 5.52 Å². The number of nitrogens with one attached hydrogen (secondary N) is 1. The quantitative estimate of drug-likeness (QED) is 0.580. The number of hydrogen-bond acceptors (Lipinski definition) is 5. The lowest BCUT2D eigenvalue weighted by Crippen LogP contribution is -2.13. The van der Waals surface area contributed by atoms with Crippen LogP contribution in [-0.2, 0) is 11.2 Å². The molecule has 0 spiro atoms. The zero-order valence-corrected chi connectivity index (χ0v) is 14.2. The molecule has 4 rings (SSSR count). The van der Waals surface area contributed by atoms with E-state index in [0.717, 1.165) is 10.9 Å². The first kappa shape index (κ1) is 16.8. The number of para-hydroxylation sites is 1. The van der Waals surface area contributed by atoms with Crippen molar-refractivity contribution in [2.45, 2.75) is 12.8 Å². The van der Waals surface area contributed by atoms with Gasteiger partial charge < -0.3 is 9.84 Å². The van der Waals surface area contributed by atoms with E-state index >= 15 is 0 Å². The van der Waals surface area contributed by atoms with E-state index in [1.165, 1.54) is 12.1 Å². The van der Waals surface area contributed by atoms with Gasteiger partial charge in [-0.2, -0.15) is 4.98 Å². The van der Waals surface area contributed by atoms with Crippen LogP contribution in [-0.4, -0.2) is 21.0 Å². The van der Waals surface area contributed by atoms with Crippen LogP contribution < -0.4 is 5.32 Å². The van der Waals surface area contributed by atoms with Gasteiger partial charge in [0, 0.05) is 23.8 Å². The Morgan fingerprint density at radius 1 is 1.00 bits per heavy atom. The van der Waals surface area contributed by atoms with Gasteiger partial charge in [0.25, 0.3) is 0 Å². The minimum atomic E-state index is -0.332. The minimum absolute atomic E-state index is 0.180. The summed E-state index contributed by atoms with van der Waals surface area (Å²) in [4.78, 5) is 20.8. The molecule has 0 aliphatic rings. The van der Waals surface area contributed by atoms with Crippen molar-refractivity contribution in [1.82, 2.24) is 15.1 Å². The number of benzene rings is 2. The molecule has 0 aliphatic heterocycles. The van der Waals surface area contributed by atoms with Crippen LogP contribution in [0.5, 0.6) is 0 Å². The highest BCUT2D eigenvalue weighted by Gasteiger charge is 2.11. The molecule has 1 N–H and O–H groups in total. The molecule has 2 aromatic heterocycles. The lowest BCUT2D eigenvalue weighted by Gasteiger charge is -2.04. The second-order valence-electron chi connectivity index (χ2n) is 5.96. The summed E-state index contributed by atoms with van der Waals surface area (Å²) < 4.78 is 18.1. The van der Waals surface area contributed by atoms with Gasteiger partial charge in [0.15, 0.2) is 0 Å². The van der Waals surface area contributed by atoms with Crippen LogP contribution in [0.4, 0.5) is 10.2 Å².